The van der Waals surface area contributed by atoms with Crippen LogP contribution < -0.4 is 0 Å². The number of hydrogen-bond donors (Lipinski definition) is 0. The fourth-order valence-corrected chi connectivity index (χ4v) is 3.83. The number of allylic oxidation sites excluding steroid dienone is 1. The van der Waals surface area contributed by atoms with Gasteiger partial charge in [-0.3, -0.25) is 14.9 Å². The van der Waals surface area contributed by atoms with Crippen LogP contribution in [0.25, 0.3) is 17.4 Å². The quantitative estimate of drug-likeness (QED) is 0.219. The number of carbonyl (C=O) groups excluding carboxylic acids is 1. The van der Waals surface area contributed by atoms with E-state index in [1.165, 1.54) is 68.7 Å². The van der Waals surface area contributed by atoms with Gasteiger partial charge in [0.1, 0.15) is 11.5 Å². The summed E-state index contributed by atoms with van der Waals surface area (Å²) in [5, 5.41) is 11.0. The Bertz CT molecular complexity index is 1280. The predicted octanol–water partition coefficient (Wildman–Crippen LogP) is 4.65. The molecule has 0 saturated carbocycles. The number of sulfonamides is 1. The number of ketones is 1. The summed E-state index contributed by atoms with van der Waals surface area (Å²) >= 11 is 6.11. The standard InChI is InChI=1S/C21H17ClN2O6S/c1-23(2)31(28,29)17-8-3-14(4-9-17)20(25)11-6-16-7-12-21(30-16)18-10-5-15(24(26)27)13-19(18)22/h3-13H,1-2H3/b11-6+. The van der Waals surface area contributed by atoms with E-state index in [2.05, 4.69) is 0 Å². The summed E-state index contributed by atoms with van der Waals surface area (Å²) < 4.78 is 30.9. The van der Waals surface area contributed by atoms with Gasteiger partial charge in [-0.15, -0.1) is 0 Å². The first-order valence-electron chi connectivity index (χ1n) is 8.89. The molecule has 0 aliphatic heterocycles. The van der Waals surface area contributed by atoms with Crippen LogP contribution in [-0.4, -0.2) is 37.5 Å². The van der Waals surface area contributed by atoms with Crippen molar-refractivity contribution in [3.05, 3.63) is 87.1 Å². The molecule has 0 aliphatic carbocycles. The molecule has 0 fully saturated rings. The minimum atomic E-state index is -3.57. The Kier molecular flexibility index (Phi) is 6.40. The van der Waals surface area contributed by atoms with Crippen molar-refractivity contribution in [2.24, 2.45) is 0 Å². The molecular weight excluding hydrogens is 444 g/mol. The zero-order valence-corrected chi connectivity index (χ0v) is 18.1. The molecule has 0 spiro atoms. The Morgan fingerprint density at radius 1 is 1.10 bits per heavy atom. The van der Waals surface area contributed by atoms with Crippen molar-refractivity contribution >= 4 is 39.2 Å². The molecule has 8 nitrogen and oxygen atoms in total. The number of carbonyl (C=O) groups is 1. The number of nitro groups is 1. The summed E-state index contributed by atoms with van der Waals surface area (Å²) in [5.74, 6) is 0.440. The number of hydrogen-bond acceptors (Lipinski definition) is 6. The first-order chi connectivity index (χ1) is 14.6. The molecular formula is C21H17ClN2O6S. The van der Waals surface area contributed by atoms with Gasteiger partial charge in [0.05, 0.1) is 14.8 Å². The molecule has 3 aromatic rings. The lowest BCUT2D eigenvalue weighted by atomic mass is 10.1. The lowest BCUT2D eigenvalue weighted by molar-refractivity contribution is -0.384. The fraction of sp³-hybridized carbons (Fsp3) is 0.0952. The van der Waals surface area contributed by atoms with E-state index in [9.17, 15) is 23.3 Å². The van der Waals surface area contributed by atoms with E-state index in [1.807, 2.05) is 0 Å². The first kappa shape index (κ1) is 22.4. The third-order valence-corrected chi connectivity index (χ3v) is 6.51. The molecule has 1 aromatic heterocycles. The predicted molar refractivity (Wildman–Crippen MR) is 116 cm³/mol. The highest BCUT2D eigenvalue weighted by Crippen LogP contribution is 2.32. The van der Waals surface area contributed by atoms with Gasteiger partial charge in [-0.05, 0) is 54.6 Å². The monoisotopic (exact) mass is 460 g/mol. The van der Waals surface area contributed by atoms with E-state index in [0.29, 0.717) is 22.6 Å². The molecule has 2 aromatic carbocycles. The van der Waals surface area contributed by atoms with Gasteiger partial charge in [-0.25, -0.2) is 12.7 Å². The van der Waals surface area contributed by atoms with Crippen LogP contribution >= 0.6 is 11.6 Å². The normalized spacial score (nSPS) is 11.9. The molecule has 3 rings (SSSR count). The molecule has 10 heteroatoms. The highest BCUT2D eigenvalue weighted by atomic mass is 35.5. The van der Waals surface area contributed by atoms with Crippen LogP contribution in [-0.2, 0) is 10.0 Å². The molecule has 0 bridgehead atoms. The summed E-state index contributed by atoms with van der Waals surface area (Å²) in [6, 6.07) is 12.9. The smallest absolute Gasteiger partial charge is 0.270 e. The van der Waals surface area contributed by atoms with E-state index < -0.39 is 14.9 Å². The van der Waals surface area contributed by atoms with Crippen molar-refractivity contribution in [2.45, 2.75) is 4.90 Å². The second-order valence-corrected chi connectivity index (χ2v) is 9.19. The number of halogens is 1. The van der Waals surface area contributed by atoms with Crippen LogP contribution in [0.15, 0.2) is 70.0 Å². The SMILES string of the molecule is CN(C)S(=O)(=O)c1ccc(C(=O)/C=C/c2ccc(-c3ccc([N+](=O)[O-])cc3Cl)o2)cc1. The fourth-order valence-electron chi connectivity index (χ4n) is 2.66. The lowest BCUT2D eigenvalue weighted by Crippen LogP contribution is -2.22. The molecule has 0 N–H and O–H groups in total. The van der Waals surface area contributed by atoms with Gasteiger partial charge in [0.15, 0.2) is 5.78 Å². The number of rotatable bonds is 7. The zero-order chi connectivity index (χ0) is 22.8. The van der Waals surface area contributed by atoms with Crippen molar-refractivity contribution in [3.8, 4) is 11.3 Å². The average molecular weight is 461 g/mol. The number of furan rings is 1. The molecule has 0 amide bonds. The summed E-state index contributed by atoms with van der Waals surface area (Å²) in [4.78, 5) is 22.7. The van der Waals surface area contributed by atoms with E-state index in [1.54, 1.807) is 12.1 Å². The highest BCUT2D eigenvalue weighted by Gasteiger charge is 2.17. The minimum absolute atomic E-state index is 0.0914. The van der Waals surface area contributed by atoms with Crippen molar-refractivity contribution < 1.29 is 22.6 Å². The number of benzene rings is 2. The van der Waals surface area contributed by atoms with Crippen LogP contribution in [0.5, 0.6) is 0 Å². The van der Waals surface area contributed by atoms with Crippen molar-refractivity contribution in [3.63, 3.8) is 0 Å². The van der Waals surface area contributed by atoms with Crippen LogP contribution in [0, 0.1) is 10.1 Å². The van der Waals surface area contributed by atoms with Crippen LogP contribution in [0.2, 0.25) is 5.02 Å². The van der Waals surface area contributed by atoms with E-state index in [-0.39, 0.29) is 21.4 Å². The van der Waals surface area contributed by atoms with Crippen LogP contribution in [0.1, 0.15) is 16.1 Å². The Labute approximate surface area is 183 Å². The molecule has 0 atom stereocenters. The third-order valence-electron chi connectivity index (χ3n) is 4.37. The Hall–Kier alpha value is -3.27. The Morgan fingerprint density at radius 3 is 2.35 bits per heavy atom. The number of non-ortho nitro benzene ring substituents is 1. The maximum atomic E-state index is 12.4. The van der Waals surface area contributed by atoms with Gasteiger partial charge < -0.3 is 4.42 Å². The summed E-state index contributed by atoms with van der Waals surface area (Å²) in [5.41, 5.74) is 0.672. The zero-order valence-electron chi connectivity index (χ0n) is 16.5. The average Bonchev–Trinajstić information content (AvgIpc) is 3.20. The highest BCUT2D eigenvalue weighted by molar-refractivity contribution is 7.89. The first-order valence-corrected chi connectivity index (χ1v) is 10.7. The molecule has 0 saturated heterocycles. The molecule has 0 radical (unpaired) electrons. The number of nitrogens with zero attached hydrogens (tertiary/aromatic N) is 2. The maximum Gasteiger partial charge on any atom is 0.270 e. The van der Waals surface area contributed by atoms with Gasteiger partial charge in [-0.2, -0.15) is 0 Å². The second-order valence-electron chi connectivity index (χ2n) is 6.63. The number of nitro benzene ring substituents is 1. The molecule has 31 heavy (non-hydrogen) atoms. The van der Waals surface area contributed by atoms with E-state index in [4.69, 9.17) is 16.0 Å². The summed E-state index contributed by atoms with van der Waals surface area (Å²) in [6.45, 7) is 0. The lowest BCUT2D eigenvalue weighted by Gasteiger charge is -2.11. The maximum absolute atomic E-state index is 12.4. The Balaban J connectivity index is 1.75. The topological polar surface area (TPSA) is 111 Å². The Morgan fingerprint density at radius 2 is 1.77 bits per heavy atom. The van der Waals surface area contributed by atoms with E-state index in [0.717, 1.165) is 4.31 Å². The molecule has 1 heterocycles. The second kappa shape index (κ2) is 8.84. The van der Waals surface area contributed by atoms with Crippen molar-refractivity contribution in [2.75, 3.05) is 14.1 Å². The minimum Gasteiger partial charge on any atom is -0.457 e. The van der Waals surface area contributed by atoms with Crippen molar-refractivity contribution in [1.82, 2.24) is 4.31 Å². The largest absolute Gasteiger partial charge is 0.457 e. The van der Waals surface area contributed by atoms with Gasteiger partial charge in [0, 0.05) is 37.4 Å². The van der Waals surface area contributed by atoms with Gasteiger partial charge in [-0.1, -0.05) is 11.6 Å². The third kappa shape index (κ3) is 4.91. The van der Waals surface area contributed by atoms with E-state index >= 15 is 0 Å². The molecule has 0 aliphatic rings. The molecule has 160 valence electrons. The van der Waals surface area contributed by atoms with Gasteiger partial charge >= 0.3 is 0 Å². The van der Waals surface area contributed by atoms with Crippen molar-refractivity contribution in [1.29, 1.82) is 0 Å². The summed E-state index contributed by atoms with van der Waals surface area (Å²) in [6.07, 6.45) is 2.77. The van der Waals surface area contributed by atoms with Crippen LogP contribution in [0.3, 0.4) is 0 Å². The van der Waals surface area contributed by atoms with Gasteiger partial charge in [0.25, 0.3) is 5.69 Å². The van der Waals surface area contributed by atoms with Gasteiger partial charge in [0.2, 0.25) is 10.0 Å². The molecule has 0 unspecified atom stereocenters. The summed E-state index contributed by atoms with van der Waals surface area (Å²) in [7, 11) is -0.710. The van der Waals surface area contributed by atoms with Crippen LogP contribution in [0.4, 0.5) is 5.69 Å².